The molecule has 0 radical (unpaired) electrons. The van der Waals surface area contributed by atoms with Crippen molar-refractivity contribution in [2.45, 2.75) is 0 Å². The minimum absolute atomic E-state index is 0.0291. The molecule has 7 heteroatoms. The highest BCUT2D eigenvalue weighted by Crippen LogP contribution is 2.24. The zero-order chi connectivity index (χ0) is 13.3. The molecule has 0 fully saturated rings. The number of hydrogen-bond donors (Lipinski definition) is 1. The van der Waals surface area contributed by atoms with Gasteiger partial charge >= 0.3 is 5.97 Å². The van der Waals surface area contributed by atoms with Crippen LogP contribution >= 0.6 is 23.2 Å². The number of aldehydes is 1. The molecule has 1 heterocycles. The van der Waals surface area contributed by atoms with Crippen molar-refractivity contribution in [1.29, 1.82) is 0 Å². The number of rotatable bonds is 3. The topological polar surface area (TPSA) is 72.2 Å². The van der Waals surface area contributed by atoms with E-state index >= 15 is 0 Å². The molecule has 1 N–H and O–H groups in total. The number of hydrogen-bond acceptors (Lipinski definition) is 3. The number of carbonyl (C=O) groups is 2. The molecular weight excluding hydrogens is 279 g/mol. The molecule has 0 aliphatic carbocycles. The van der Waals surface area contributed by atoms with E-state index in [2.05, 4.69) is 5.10 Å². The molecule has 1 aromatic heterocycles. The molecule has 1 aromatic carbocycles. The summed E-state index contributed by atoms with van der Waals surface area (Å²) in [7, 11) is 0. The Morgan fingerprint density at radius 2 is 2.11 bits per heavy atom. The van der Waals surface area contributed by atoms with Crippen molar-refractivity contribution in [3.8, 4) is 5.69 Å². The molecule has 0 aliphatic heterocycles. The Kier molecular flexibility index (Phi) is 3.36. The highest BCUT2D eigenvalue weighted by Gasteiger charge is 2.17. The van der Waals surface area contributed by atoms with Gasteiger partial charge in [-0.2, -0.15) is 5.10 Å². The van der Waals surface area contributed by atoms with E-state index in [-0.39, 0.29) is 11.3 Å². The summed E-state index contributed by atoms with van der Waals surface area (Å²) in [5, 5.41) is 13.5. The molecule has 2 aromatic rings. The van der Waals surface area contributed by atoms with Gasteiger partial charge in [0.05, 0.1) is 16.3 Å². The summed E-state index contributed by atoms with van der Waals surface area (Å²) in [6.07, 6.45) is 1.71. The Balaban J connectivity index is 2.61. The van der Waals surface area contributed by atoms with Crippen molar-refractivity contribution in [3.05, 3.63) is 45.7 Å². The zero-order valence-electron chi connectivity index (χ0n) is 8.80. The van der Waals surface area contributed by atoms with Gasteiger partial charge in [0.2, 0.25) is 0 Å². The average Bonchev–Trinajstić information content (AvgIpc) is 2.76. The third-order valence-corrected chi connectivity index (χ3v) is 2.78. The summed E-state index contributed by atoms with van der Waals surface area (Å²) < 4.78 is 1.21. The second-order valence-corrected chi connectivity index (χ2v) is 4.24. The lowest BCUT2D eigenvalue weighted by molar-refractivity contribution is 0.0687. The van der Waals surface area contributed by atoms with E-state index in [1.165, 1.54) is 16.9 Å². The fraction of sp³-hybridized carbons (Fsp3) is 0. The first-order valence-electron chi connectivity index (χ1n) is 4.76. The van der Waals surface area contributed by atoms with Crippen LogP contribution in [0.25, 0.3) is 5.69 Å². The smallest absolute Gasteiger partial charge is 0.357 e. The van der Waals surface area contributed by atoms with Crippen molar-refractivity contribution in [2.24, 2.45) is 0 Å². The molecule has 18 heavy (non-hydrogen) atoms. The van der Waals surface area contributed by atoms with Crippen molar-refractivity contribution in [2.75, 3.05) is 0 Å². The van der Waals surface area contributed by atoms with Gasteiger partial charge < -0.3 is 5.11 Å². The SMILES string of the molecule is O=Cc1cn(-c2cc(Cl)ccc2Cl)nc1C(=O)O. The molecule has 92 valence electrons. The Hall–Kier alpha value is -1.85. The minimum atomic E-state index is -1.28. The first-order chi connectivity index (χ1) is 8.52. The maximum absolute atomic E-state index is 10.9. The molecule has 0 unspecified atom stereocenters. The van der Waals surface area contributed by atoms with Crippen LogP contribution in [0.4, 0.5) is 0 Å². The lowest BCUT2D eigenvalue weighted by Gasteiger charge is -2.04. The van der Waals surface area contributed by atoms with Crippen LogP contribution in [0.3, 0.4) is 0 Å². The van der Waals surface area contributed by atoms with Crippen LogP contribution in [0.5, 0.6) is 0 Å². The first-order valence-corrected chi connectivity index (χ1v) is 5.52. The molecule has 0 bridgehead atoms. The van der Waals surface area contributed by atoms with Gasteiger partial charge in [0.15, 0.2) is 12.0 Å². The van der Waals surface area contributed by atoms with E-state index in [4.69, 9.17) is 28.3 Å². The molecule has 2 rings (SSSR count). The number of aromatic carboxylic acids is 1. The zero-order valence-corrected chi connectivity index (χ0v) is 10.3. The standard InChI is InChI=1S/C11H6Cl2N2O3/c12-7-1-2-8(13)9(3-7)15-4-6(5-16)10(14-15)11(17)18/h1-5H,(H,17,18). The maximum Gasteiger partial charge on any atom is 0.357 e. The third-order valence-electron chi connectivity index (χ3n) is 2.23. The largest absolute Gasteiger partial charge is 0.476 e. The number of carboxylic acids is 1. The van der Waals surface area contributed by atoms with Crippen LogP contribution in [-0.2, 0) is 0 Å². The van der Waals surface area contributed by atoms with Gasteiger partial charge in [0.25, 0.3) is 0 Å². The lowest BCUT2D eigenvalue weighted by atomic mass is 10.3. The normalized spacial score (nSPS) is 10.3. The molecule has 0 saturated heterocycles. The summed E-state index contributed by atoms with van der Waals surface area (Å²) in [5.74, 6) is -1.28. The molecule has 0 spiro atoms. The molecule has 0 saturated carbocycles. The van der Waals surface area contributed by atoms with Crippen LogP contribution in [0.15, 0.2) is 24.4 Å². The number of benzene rings is 1. The average molecular weight is 285 g/mol. The number of halogens is 2. The third kappa shape index (κ3) is 2.23. The number of nitrogens with zero attached hydrogens (tertiary/aromatic N) is 2. The number of aromatic nitrogens is 2. The highest BCUT2D eigenvalue weighted by atomic mass is 35.5. The quantitative estimate of drug-likeness (QED) is 0.880. The van der Waals surface area contributed by atoms with Gasteiger partial charge in [-0.1, -0.05) is 23.2 Å². The molecule has 0 amide bonds. The first kappa shape index (κ1) is 12.6. The van der Waals surface area contributed by atoms with E-state index in [9.17, 15) is 9.59 Å². The molecule has 5 nitrogen and oxygen atoms in total. The van der Waals surface area contributed by atoms with Crippen LogP contribution in [-0.4, -0.2) is 27.1 Å². The number of carbonyl (C=O) groups excluding carboxylic acids is 1. The van der Waals surface area contributed by atoms with E-state index in [1.807, 2.05) is 0 Å². The second kappa shape index (κ2) is 4.80. The fourth-order valence-electron chi connectivity index (χ4n) is 1.42. The monoisotopic (exact) mass is 284 g/mol. The van der Waals surface area contributed by atoms with E-state index in [1.54, 1.807) is 12.1 Å². The molecule has 0 aliphatic rings. The Morgan fingerprint density at radius 3 is 2.67 bits per heavy atom. The van der Waals surface area contributed by atoms with Crippen molar-refractivity contribution in [1.82, 2.24) is 9.78 Å². The van der Waals surface area contributed by atoms with Crippen LogP contribution in [0.2, 0.25) is 10.0 Å². The molecular formula is C11H6Cl2N2O3. The van der Waals surface area contributed by atoms with Crippen LogP contribution in [0.1, 0.15) is 20.8 Å². The predicted octanol–water partition coefficient (Wildman–Crippen LogP) is 2.69. The summed E-state index contributed by atoms with van der Waals surface area (Å²) >= 11 is 11.8. The van der Waals surface area contributed by atoms with E-state index < -0.39 is 5.97 Å². The van der Waals surface area contributed by atoms with Crippen LogP contribution in [0, 0.1) is 0 Å². The number of carboxylic acid groups (broad SMARTS) is 1. The fourth-order valence-corrected chi connectivity index (χ4v) is 1.79. The lowest BCUT2D eigenvalue weighted by Crippen LogP contribution is -2.02. The molecule has 0 atom stereocenters. The Labute approximate surface area is 112 Å². The Morgan fingerprint density at radius 1 is 1.39 bits per heavy atom. The van der Waals surface area contributed by atoms with Crippen molar-refractivity contribution >= 4 is 35.5 Å². The van der Waals surface area contributed by atoms with E-state index in [0.717, 1.165) is 0 Å². The highest BCUT2D eigenvalue weighted by molar-refractivity contribution is 6.34. The predicted molar refractivity (Wildman–Crippen MR) is 65.9 cm³/mol. The summed E-state index contributed by atoms with van der Waals surface area (Å²) in [5.41, 5.74) is 0.0411. The van der Waals surface area contributed by atoms with E-state index in [0.29, 0.717) is 22.0 Å². The summed E-state index contributed by atoms with van der Waals surface area (Å²) in [4.78, 5) is 21.6. The van der Waals surface area contributed by atoms with Gasteiger partial charge in [0, 0.05) is 11.2 Å². The van der Waals surface area contributed by atoms with Crippen molar-refractivity contribution in [3.63, 3.8) is 0 Å². The summed E-state index contributed by atoms with van der Waals surface area (Å²) in [6.45, 7) is 0. The van der Waals surface area contributed by atoms with Crippen LogP contribution < -0.4 is 0 Å². The van der Waals surface area contributed by atoms with Gasteiger partial charge in [-0.05, 0) is 18.2 Å². The summed E-state index contributed by atoms with van der Waals surface area (Å²) in [6, 6.07) is 4.68. The Bertz CT molecular complexity index is 637. The maximum atomic E-state index is 10.9. The second-order valence-electron chi connectivity index (χ2n) is 3.40. The van der Waals surface area contributed by atoms with Crippen molar-refractivity contribution < 1.29 is 14.7 Å². The van der Waals surface area contributed by atoms with Gasteiger partial charge in [0.1, 0.15) is 0 Å². The van der Waals surface area contributed by atoms with Gasteiger partial charge in [-0.25, -0.2) is 9.48 Å². The minimum Gasteiger partial charge on any atom is -0.476 e. The van der Waals surface area contributed by atoms with Gasteiger partial charge in [-0.3, -0.25) is 4.79 Å². The van der Waals surface area contributed by atoms with Gasteiger partial charge in [-0.15, -0.1) is 0 Å².